The van der Waals surface area contributed by atoms with Crippen LogP contribution in [0.2, 0.25) is 0 Å². The lowest BCUT2D eigenvalue weighted by molar-refractivity contribution is -0.290. The van der Waals surface area contributed by atoms with Crippen molar-refractivity contribution in [3.8, 4) is 22.6 Å². The van der Waals surface area contributed by atoms with Crippen LogP contribution < -0.4 is 0 Å². The summed E-state index contributed by atoms with van der Waals surface area (Å²) in [7, 11) is 0. The highest BCUT2D eigenvalue weighted by molar-refractivity contribution is 5.94. The molecule has 0 atom stereocenters. The molecule has 0 bridgehead atoms. The van der Waals surface area contributed by atoms with Gasteiger partial charge < -0.3 is 4.42 Å². The Morgan fingerprint density at radius 3 is 2.31 bits per heavy atom. The molecule has 0 amide bonds. The van der Waals surface area contributed by atoms with Gasteiger partial charge in [0.25, 0.3) is 0 Å². The van der Waals surface area contributed by atoms with Crippen LogP contribution in [-0.2, 0) is 5.92 Å². The van der Waals surface area contributed by atoms with Crippen LogP contribution >= 0.6 is 0 Å². The number of nitrogens with zero attached hydrogens (tertiary/aromatic N) is 4. The van der Waals surface area contributed by atoms with Crippen LogP contribution in [0.4, 0.5) is 26.3 Å². The van der Waals surface area contributed by atoms with E-state index in [1.54, 1.807) is 6.07 Å². The van der Waals surface area contributed by atoms with E-state index in [9.17, 15) is 26.3 Å². The van der Waals surface area contributed by atoms with Gasteiger partial charge in [-0.3, -0.25) is 4.40 Å². The Morgan fingerprint density at radius 2 is 1.66 bits per heavy atom. The van der Waals surface area contributed by atoms with Gasteiger partial charge in [0.05, 0.1) is 6.20 Å². The number of halogens is 6. The Hall–Kier alpha value is -3.89. The van der Waals surface area contributed by atoms with Crippen molar-refractivity contribution >= 4 is 16.7 Å². The lowest BCUT2D eigenvalue weighted by atomic mass is 10.00. The summed E-state index contributed by atoms with van der Waals surface area (Å²) >= 11 is 0. The first-order valence-corrected chi connectivity index (χ1v) is 9.08. The fourth-order valence-corrected chi connectivity index (χ4v) is 3.36. The van der Waals surface area contributed by atoms with Crippen LogP contribution in [0.15, 0.2) is 65.7 Å². The second-order valence-electron chi connectivity index (χ2n) is 6.92. The van der Waals surface area contributed by atoms with Gasteiger partial charge >= 0.3 is 12.1 Å². The Kier molecular flexibility index (Phi) is 4.26. The second kappa shape index (κ2) is 6.81. The number of imidazole rings is 1. The number of hydrogen-bond acceptors (Lipinski definition) is 4. The number of alkyl halides is 5. The van der Waals surface area contributed by atoms with E-state index >= 15 is 0 Å². The minimum atomic E-state index is -5.86. The maximum atomic E-state index is 14.3. The van der Waals surface area contributed by atoms with Gasteiger partial charge in [-0.25, -0.2) is 19.3 Å². The number of aromatic nitrogens is 4. The van der Waals surface area contributed by atoms with E-state index in [0.717, 1.165) is 12.1 Å². The van der Waals surface area contributed by atoms with Crippen molar-refractivity contribution in [3.05, 3.63) is 72.8 Å². The minimum Gasteiger partial charge on any atom is -0.442 e. The summed E-state index contributed by atoms with van der Waals surface area (Å²) in [5.41, 5.74) is -0.860. The van der Waals surface area contributed by atoms with Gasteiger partial charge in [0, 0.05) is 11.6 Å². The molecule has 5 rings (SSSR count). The van der Waals surface area contributed by atoms with Crippen molar-refractivity contribution in [1.82, 2.24) is 19.4 Å². The fraction of sp³-hybridized carbons (Fsp3) is 0.0952. The van der Waals surface area contributed by atoms with Gasteiger partial charge in [-0.15, -0.1) is 0 Å². The van der Waals surface area contributed by atoms with Gasteiger partial charge in [-0.05, 0) is 41.5 Å². The first-order valence-electron chi connectivity index (χ1n) is 9.08. The lowest BCUT2D eigenvalue weighted by Crippen LogP contribution is -2.34. The summed E-state index contributed by atoms with van der Waals surface area (Å²) in [6, 6.07) is 8.47. The number of oxazole rings is 1. The molecule has 0 spiro atoms. The molecule has 32 heavy (non-hydrogen) atoms. The molecule has 0 saturated carbocycles. The quantitative estimate of drug-likeness (QED) is 0.318. The zero-order valence-corrected chi connectivity index (χ0v) is 15.7. The molecule has 0 unspecified atom stereocenters. The highest BCUT2D eigenvalue weighted by atomic mass is 19.4. The molecule has 162 valence electrons. The minimum absolute atomic E-state index is 0.0331. The van der Waals surface area contributed by atoms with E-state index in [1.807, 2.05) is 0 Å². The summed E-state index contributed by atoms with van der Waals surface area (Å²) in [4.78, 5) is 11.7. The molecule has 0 N–H and O–H groups in total. The van der Waals surface area contributed by atoms with Gasteiger partial charge in [0.1, 0.15) is 28.5 Å². The van der Waals surface area contributed by atoms with Crippen LogP contribution in [0, 0.1) is 5.82 Å². The molecule has 4 heterocycles. The van der Waals surface area contributed by atoms with Gasteiger partial charge in [-0.2, -0.15) is 22.0 Å². The molecule has 0 saturated heterocycles. The first-order chi connectivity index (χ1) is 15.1. The van der Waals surface area contributed by atoms with E-state index in [2.05, 4.69) is 15.0 Å². The summed E-state index contributed by atoms with van der Waals surface area (Å²) in [6.07, 6.45) is -1.91. The standard InChI is InChI=1S/C21H10F6N4O/c22-12-3-1-11(2-4-12)14-7-17(20(23,24)21(25,26)27)30-19-13(14)5-6-18-29-15(9-31(18)19)16-8-28-10-32-16/h1-10H. The summed E-state index contributed by atoms with van der Waals surface area (Å²) in [6.45, 7) is 0. The van der Waals surface area contributed by atoms with Crippen LogP contribution in [-0.4, -0.2) is 25.5 Å². The van der Waals surface area contributed by atoms with Gasteiger partial charge in [-0.1, -0.05) is 12.1 Å². The predicted molar refractivity (Wildman–Crippen MR) is 101 cm³/mol. The summed E-state index contributed by atoms with van der Waals surface area (Å²) < 4.78 is 87.8. The van der Waals surface area contributed by atoms with Crippen LogP contribution in [0.3, 0.4) is 0 Å². The average molecular weight is 448 g/mol. The summed E-state index contributed by atoms with van der Waals surface area (Å²) in [5, 5.41) is 0.271. The Morgan fingerprint density at radius 1 is 0.906 bits per heavy atom. The summed E-state index contributed by atoms with van der Waals surface area (Å²) in [5.74, 6) is -5.52. The molecule has 0 radical (unpaired) electrons. The number of fused-ring (bicyclic) bond motifs is 3. The maximum Gasteiger partial charge on any atom is 0.459 e. The smallest absolute Gasteiger partial charge is 0.442 e. The maximum absolute atomic E-state index is 14.3. The molecule has 1 aromatic carbocycles. The van der Waals surface area contributed by atoms with E-state index in [-0.39, 0.29) is 39.3 Å². The van der Waals surface area contributed by atoms with Gasteiger partial charge in [0.15, 0.2) is 12.2 Å². The van der Waals surface area contributed by atoms with Crippen LogP contribution in [0.1, 0.15) is 5.69 Å². The number of rotatable bonds is 3. The van der Waals surface area contributed by atoms with Crippen LogP contribution in [0.25, 0.3) is 39.3 Å². The third-order valence-electron chi connectivity index (χ3n) is 4.92. The Balaban J connectivity index is 1.85. The third kappa shape index (κ3) is 3.08. The first kappa shape index (κ1) is 20.0. The average Bonchev–Trinajstić information content (AvgIpc) is 3.42. The monoisotopic (exact) mass is 448 g/mol. The zero-order valence-electron chi connectivity index (χ0n) is 15.7. The molecule has 5 aromatic rings. The number of hydrogen-bond donors (Lipinski definition) is 0. The largest absolute Gasteiger partial charge is 0.459 e. The zero-order chi connectivity index (χ0) is 22.7. The van der Waals surface area contributed by atoms with Crippen molar-refractivity contribution in [3.63, 3.8) is 0 Å². The molecule has 0 aliphatic rings. The Labute approximate surface area is 175 Å². The highest BCUT2D eigenvalue weighted by Crippen LogP contribution is 2.45. The molecular formula is C21H10F6N4O. The SMILES string of the molecule is Fc1ccc(-c2cc(C(F)(F)C(F)(F)F)nc3c2ccc2nc(-c4cnco4)cn23)cc1. The lowest BCUT2D eigenvalue weighted by Gasteiger charge is -2.20. The normalized spacial score (nSPS) is 12.7. The Bertz CT molecular complexity index is 1440. The molecule has 5 nitrogen and oxygen atoms in total. The number of pyridine rings is 2. The number of benzene rings is 1. The molecule has 0 fully saturated rings. The van der Waals surface area contributed by atoms with Crippen molar-refractivity contribution < 1.29 is 30.8 Å². The fourth-order valence-electron chi connectivity index (χ4n) is 3.36. The van der Waals surface area contributed by atoms with E-state index in [4.69, 9.17) is 4.42 Å². The molecular weight excluding hydrogens is 438 g/mol. The molecule has 0 aliphatic heterocycles. The second-order valence-corrected chi connectivity index (χ2v) is 6.92. The highest BCUT2D eigenvalue weighted by Gasteiger charge is 2.60. The van der Waals surface area contributed by atoms with Crippen molar-refractivity contribution in [2.45, 2.75) is 12.1 Å². The molecule has 0 aliphatic carbocycles. The van der Waals surface area contributed by atoms with Crippen molar-refractivity contribution in [2.24, 2.45) is 0 Å². The molecule has 4 aromatic heterocycles. The predicted octanol–water partition coefficient (Wildman–Crippen LogP) is 6.00. The topological polar surface area (TPSA) is 56.2 Å². The van der Waals surface area contributed by atoms with Gasteiger partial charge in [0.2, 0.25) is 0 Å². The molecule has 11 heteroatoms. The van der Waals surface area contributed by atoms with Crippen molar-refractivity contribution in [2.75, 3.05) is 0 Å². The van der Waals surface area contributed by atoms with Crippen molar-refractivity contribution in [1.29, 1.82) is 0 Å². The third-order valence-corrected chi connectivity index (χ3v) is 4.92. The van der Waals surface area contributed by atoms with Crippen LogP contribution in [0.5, 0.6) is 0 Å². The van der Waals surface area contributed by atoms with E-state index in [0.29, 0.717) is 6.07 Å². The van der Waals surface area contributed by atoms with E-state index < -0.39 is 23.6 Å². The van der Waals surface area contributed by atoms with E-state index in [1.165, 1.54) is 41.4 Å².